The number of carbonyl (C=O) groups is 2. The highest BCUT2D eigenvalue weighted by atomic mass is 32.2. The van der Waals surface area contributed by atoms with E-state index in [0.29, 0.717) is 25.8 Å². The molecule has 4 aromatic carbocycles. The smallest absolute Gasteiger partial charge is 0.243 e. The van der Waals surface area contributed by atoms with Crippen molar-refractivity contribution in [1.29, 1.82) is 0 Å². The second-order valence-electron chi connectivity index (χ2n) is 12.6. The number of ether oxygens (including phenoxy) is 2. The summed E-state index contributed by atoms with van der Waals surface area (Å²) in [6, 6.07) is 32.4. The van der Waals surface area contributed by atoms with Gasteiger partial charge in [0.05, 0.1) is 29.0 Å². The van der Waals surface area contributed by atoms with Crippen LogP contribution in [0.25, 0.3) is 21.3 Å². The number of aromatic nitrogens is 1. The summed E-state index contributed by atoms with van der Waals surface area (Å²) in [5, 5.41) is 21.2. The maximum absolute atomic E-state index is 12.6. The fourth-order valence-electron chi connectivity index (χ4n) is 6.14. The first-order chi connectivity index (χ1) is 25.0. The summed E-state index contributed by atoms with van der Waals surface area (Å²) in [5.41, 5.74) is 8.59. The average molecular weight is 726 g/mol. The first-order valence-electron chi connectivity index (χ1n) is 17.4. The van der Waals surface area contributed by atoms with Gasteiger partial charge in [-0.15, -0.1) is 11.3 Å². The quantitative estimate of drug-likeness (QED) is 0.0346. The Morgan fingerprint density at radius 3 is 2.27 bits per heavy atom. The Labute approximate surface area is 306 Å². The Bertz CT molecular complexity index is 1850. The third-order valence-corrected chi connectivity index (χ3v) is 11.3. The Morgan fingerprint density at radius 1 is 0.824 bits per heavy atom. The SMILES string of the molecule is O=C(CCCCCCC(=O)NCc1ccccc1-c1ccc([C@H]2O[C@@H](CSc3nc4ccccc4s3)C[C@@H](c3ccc(CO)cc3)O2)cc1)NO. The van der Waals surface area contributed by atoms with E-state index in [1.165, 1.54) is 4.70 Å². The number of nitrogens with zero attached hydrogens (tertiary/aromatic N) is 1. The van der Waals surface area contributed by atoms with Crippen LogP contribution < -0.4 is 10.8 Å². The van der Waals surface area contributed by atoms with E-state index in [2.05, 4.69) is 41.7 Å². The fourth-order valence-corrected chi connectivity index (χ4v) is 8.25. The molecule has 11 heteroatoms. The number of amides is 2. The van der Waals surface area contributed by atoms with Gasteiger partial charge in [-0.05, 0) is 52.8 Å². The van der Waals surface area contributed by atoms with Gasteiger partial charge in [0, 0.05) is 37.1 Å². The van der Waals surface area contributed by atoms with Crippen molar-refractivity contribution < 1.29 is 29.4 Å². The summed E-state index contributed by atoms with van der Waals surface area (Å²) in [7, 11) is 0. The number of nitrogens with one attached hydrogen (secondary N) is 2. The lowest BCUT2D eigenvalue weighted by Crippen LogP contribution is -2.31. The van der Waals surface area contributed by atoms with Crippen molar-refractivity contribution in [1.82, 2.24) is 15.8 Å². The molecule has 0 bridgehead atoms. The number of carbonyl (C=O) groups excluding carboxylic acids is 2. The van der Waals surface area contributed by atoms with Gasteiger partial charge in [0.15, 0.2) is 10.6 Å². The third kappa shape index (κ3) is 10.2. The molecule has 2 amide bonds. The average Bonchev–Trinajstić information content (AvgIpc) is 3.61. The van der Waals surface area contributed by atoms with Crippen molar-refractivity contribution in [3.8, 4) is 11.1 Å². The van der Waals surface area contributed by atoms with Crippen LogP contribution in [0.5, 0.6) is 0 Å². The molecular formula is C40H43N3O6S2. The van der Waals surface area contributed by atoms with Crippen LogP contribution in [-0.4, -0.2) is 39.0 Å². The molecule has 9 nitrogen and oxygen atoms in total. The molecule has 0 spiro atoms. The summed E-state index contributed by atoms with van der Waals surface area (Å²) < 4.78 is 15.4. The van der Waals surface area contributed by atoms with E-state index >= 15 is 0 Å². The molecule has 1 fully saturated rings. The zero-order valence-corrected chi connectivity index (χ0v) is 30.0. The number of hydrogen-bond acceptors (Lipinski definition) is 9. The third-order valence-electron chi connectivity index (χ3n) is 8.95. The van der Waals surface area contributed by atoms with E-state index in [9.17, 15) is 14.7 Å². The summed E-state index contributed by atoms with van der Waals surface area (Å²) in [4.78, 5) is 28.5. The zero-order valence-electron chi connectivity index (χ0n) is 28.3. The van der Waals surface area contributed by atoms with Crippen LogP contribution in [0.15, 0.2) is 101 Å². The molecule has 1 saturated heterocycles. The summed E-state index contributed by atoms with van der Waals surface area (Å²) in [6.07, 6.45) is 3.73. The lowest BCUT2D eigenvalue weighted by atomic mass is 9.97. The second kappa shape index (κ2) is 18.4. The van der Waals surface area contributed by atoms with Crippen LogP contribution in [0.2, 0.25) is 0 Å². The van der Waals surface area contributed by atoms with E-state index in [1.54, 1.807) is 28.6 Å². The molecule has 5 aromatic rings. The van der Waals surface area contributed by atoms with Gasteiger partial charge < -0.3 is 19.9 Å². The molecule has 4 N–H and O–H groups in total. The van der Waals surface area contributed by atoms with Gasteiger partial charge in [0.1, 0.15) is 0 Å². The van der Waals surface area contributed by atoms with E-state index < -0.39 is 6.29 Å². The highest BCUT2D eigenvalue weighted by Crippen LogP contribution is 2.40. The molecule has 6 rings (SSSR count). The monoisotopic (exact) mass is 725 g/mol. The van der Waals surface area contributed by atoms with Gasteiger partial charge in [-0.1, -0.05) is 110 Å². The van der Waals surface area contributed by atoms with Gasteiger partial charge in [0.2, 0.25) is 11.8 Å². The molecule has 266 valence electrons. The Morgan fingerprint density at radius 2 is 1.53 bits per heavy atom. The minimum absolute atomic E-state index is 0.00264. The highest BCUT2D eigenvalue weighted by Gasteiger charge is 2.32. The number of thioether (sulfide) groups is 1. The maximum Gasteiger partial charge on any atom is 0.243 e. The Balaban J connectivity index is 1.09. The highest BCUT2D eigenvalue weighted by molar-refractivity contribution is 8.01. The molecule has 1 aliphatic rings. The molecule has 1 aromatic heterocycles. The van der Waals surface area contributed by atoms with Crippen molar-refractivity contribution in [2.75, 3.05) is 5.75 Å². The van der Waals surface area contributed by atoms with E-state index in [1.807, 2.05) is 60.7 Å². The van der Waals surface area contributed by atoms with Crippen LogP contribution in [0, 0.1) is 0 Å². The molecule has 51 heavy (non-hydrogen) atoms. The van der Waals surface area contributed by atoms with E-state index in [0.717, 1.165) is 68.3 Å². The number of rotatable bonds is 16. The topological polar surface area (TPSA) is 130 Å². The van der Waals surface area contributed by atoms with Crippen LogP contribution in [-0.2, 0) is 32.2 Å². The standard InChI is InChI=1S/C40H43N3O6S2/c44-25-27-15-17-29(18-16-27)35-23-32(26-50-40-42-34-11-7-8-12-36(34)51-40)48-39(49-35)30-21-19-28(20-22-30)33-10-6-5-9-31(33)24-41-37(45)13-3-1-2-4-14-38(46)43-47/h5-12,15-22,32,35,39,44,47H,1-4,13-14,23-26H2,(H,41,45)(H,43,46)/t32-,35+,39+/m1/s1. The van der Waals surface area contributed by atoms with Crippen LogP contribution in [0.3, 0.4) is 0 Å². The molecule has 1 aliphatic heterocycles. The lowest BCUT2D eigenvalue weighted by Gasteiger charge is -2.36. The predicted molar refractivity (Wildman–Crippen MR) is 200 cm³/mol. The fraction of sp³-hybridized carbons (Fsp3) is 0.325. The number of fused-ring (bicyclic) bond motifs is 1. The maximum atomic E-state index is 12.6. The summed E-state index contributed by atoms with van der Waals surface area (Å²) >= 11 is 3.41. The molecule has 0 unspecified atom stereocenters. The molecule has 0 saturated carbocycles. The number of aliphatic hydroxyl groups is 1. The van der Waals surface area contributed by atoms with Gasteiger partial charge in [0.25, 0.3) is 0 Å². The minimum atomic E-state index is -0.558. The van der Waals surface area contributed by atoms with Crippen molar-refractivity contribution in [3.05, 3.63) is 119 Å². The van der Waals surface area contributed by atoms with Crippen molar-refractivity contribution >= 4 is 45.1 Å². The van der Waals surface area contributed by atoms with Gasteiger partial charge >= 0.3 is 0 Å². The number of hydrogen-bond donors (Lipinski definition) is 4. The summed E-state index contributed by atoms with van der Waals surface area (Å²) in [6.45, 7) is 0.421. The second-order valence-corrected chi connectivity index (χ2v) is 14.9. The molecule has 2 heterocycles. The largest absolute Gasteiger partial charge is 0.392 e. The van der Waals surface area contributed by atoms with Gasteiger partial charge in [-0.25, -0.2) is 10.5 Å². The zero-order chi connectivity index (χ0) is 35.4. The van der Waals surface area contributed by atoms with E-state index in [-0.39, 0.29) is 37.0 Å². The number of aliphatic hydroxyl groups excluding tert-OH is 1. The van der Waals surface area contributed by atoms with Crippen LogP contribution >= 0.6 is 23.1 Å². The number of benzene rings is 4. The molecular weight excluding hydrogens is 683 g/mol. The normalized spacial score (nSPS) is 17.3. The van der Waals surface area contributed by atoms with E-state index in [4.69, 9.17) is 19.7 Å². The first kappa shape index (κ1) is 36.7. The molecule has 3 atom stereocenters. The number of hydroxylamine groups is 1. The first-order valence-corrected chi connectivity index (χ1v) is 19.2. The number of unbranched alkanes of at least 4 members (excludes halogenated alkanes) is 3. The molecule has 0 radical (unpaired) electrons. The molecule has 0 aliphatic carbocycles. The van der Waals surface area contributed by atoms with Crippen LogP contribution in [0.4, 0.5) is 0 Å². The summed E-state index contributed by atoms with van der Waals surface area (Å²) in [5.74, 6) is 0.356. The van der Waals surface area contributed by atoms with Crippen LogP contribution in [0.1, 0.15) is 79.6 Å². The number of thiazole rings is 1. The Hall–Kier alpha value is -4.10. The minimum Gasteiger partial charge on any atom is -0.392 e. The number of para-hydroxylation sites is 1. The van der Waals surface area contributed by atoms with Gasteiger partial charge in [-0.2, -0.15) is 0 Å². The predicted octanol–water partition coefficient (Wildman–Crippen LogP) is 8.26. The van der Waals surface area contributed by atoms with Gasteiger partial charge in [-0.3, -0.25) is 14.8 Å². The Kier molecular flexibility index (Phi) is 13.2. The lowest BCUT2D eigenvalue weighted by molar-refractivity contribution is -0.245. The van der Waals surface area contributed by atoms with Crippen molar-refractivity contribution in [2.45, 2.75) is 80.9 Å². The van der Waals surface area contributed by atoms with Crippen molar-refractivity contribution in [3.63, 3.8) is 0 Å². The van der Waals surface area contributed by atoms with Crippen molar-refractivity contribution in [2.24, 2.45) is 0 Å².